The minimum absolute atomic E-state index is 0.0725. The molecular formula is C11H14ClNO3. The number of hydrogen-bond acceptors (Lipinski definition) is 3. The zero-order valence-electron chi connectivity index (χ0n) is 9.21. The van der Waals surface area contributed by atoms with Gasteiger partial charge in [-0.2, -0.15) is 0 Å². The molecule has 0 aliphatic rings. The average molecular weight is 244 g/mol. The second-order valence-electron chi connectivity index (χ2n) is 3.37. The van der Waals surface area contributed by atoms with Crippen LogP contribution in [-0.2, 0) is 4.79 Å². The number of benzene rings is 1. The molecule has 0 aliphatic carbocycles. The number of methoxy groups -OCH3 is 1. The quantitative estimate of drug-likeness (QED) is 0.835. The first kappa shape index (κ1) is 12.6. The van der Waals surface area contributed by atoms with E-state index in [1.807, 2.05) is 13.0 Å². The molecule has 4 nitrogen and oxygen atoms in total. The van der Waals surface area contributed by atoms with Gasteiger partial charge in [-0.3, -0.25) is 4.79 Å². The number of hydrogen-bond donors (Lipinski definition) is 2. The number of anilines is 1. The Morgan fingerprint density at radius 3 is 2.81 bits per heavy atom. The first-order chi connectivity index (χ1) is 7.54. The van der Waals surface area contributed by atoms with Gasteiger partial charge >= 0.3 is 5.97 Å². The van der Waals surface area contributed by atoms with E-state index in [4.69, 9.17) is 21.4 Å². The topological polar surface area (TPSA) is 58.6 Å². The molecule has 0 spiro atoms. The standard InChI is InChI=1S/C11H14ClNO3/c1-7-5-10(16-2)8(12)6-9(7)13-4-3-11(14)15/h5-6,13H,3-4H2,1-2H3,(H,14,15). The molecule has 0 bridgehead atoms. The van der Waals surface area contributed by atoms with Gasteiger partial charge in [0.2, 0.25) is 0 Å². The monoisotopic (exact) mass is 243 g/mol. The fourth-order valence-corrected chi connectivity index (χ4v) is 1.55. The molecule has 0 fully saturated rings. The van der Waals surface area contributed by atoms with Gasteiger partial charge in [0.05, 0.1) is 18.6 Å². The summed E-state index contributed by atoms with van der Waals surface area (Å²) in [6.07, 6.45) is 0.0725. The van der Waals surface area contributed by atoms with Gasteiger partial charge in [0.25, 0.3) is 0 Å². The van der Waals surface area contributed by atoms with E-state index in [1.165, 1.54) is 0 Å². The maximum Gasteiger partial charge on any atom is 0.305 e. The van der Waals surface area contributed by atoms with Gasteiger partial charge in [0, 0.05) is 12.2 Å². The third-order valence-electron chi connectivity index (χ3n) is 2.15. The molecule has 0 radical (unpaired) electrons. The minimum Gasteiger partial charge on any atom is -0.495 e. The fourth-order valence-electron chi connectivity index (χ4n) is 1.31. The van der Waals surface area contributed by atoms with Crippen molar-refractivity contribution in [1.82, 2.24) is 0 Å². The van der Waals surface area contributed by atoms with E-state index >= 15 is 0 Å². The molecule has 0 aliphatic heterocycles. The number of halogens is 1. The van der Waals surface area contributed by atoms with Crippen molar-refractivity contribution in [1.29, 1.82) is 0 Å². The third-order valence-corrected chi connectivity index (χ3v) is 2.45. The Labute approximate surface area is 99.2 Å². The Bertz CT molecular complexity index is 393. The summed E-state index contributed by atoms with van der Waals surface area (Å²) in [6, 6.07) is 3.54. The number of carboxylic acid groups (broad SMARTS) is 1. The summed E-state index contributed by atoms with van der Waals surface area (Å²) < 4.78 is 5.07. The van der Waals surface area contributed by atoms with Crippen LogP contribution in [0.4, 0.5) is 5.69 Å². The van der Waals surface area contributed by atoms with Crippen LogP contribution in [0.3, 0.4) is 0 Å². The lowest BCUT2D eigenvalue weighted by Gasteiger charge is -2.11. The lowest BCUT2D eigenvalue weighted by molar-refractivity contribution is -0.136. The van der Waals surface area contributed by atoms with Crippen LogP contribution < -0.4 is 10.1 Å². The van der Waals surface area contributed by atoms with Gasteiger partial charge in [0.1, 0.15) is 5.75 Å². The highest BCUT2D eigenvalue weighted by atomic mass is 35.5. The van der Waals surface area contributed by atoms with Crippen LogP contribution in [0.2, 0.25) is 5.02 Å². The number of carbonyl (C=O) groups is 1. The lowest BCUT2D eigenvalue weighted by Crippen LogP contribution is -2.08. The van der Waals surface area contributed by atoms with Crippen LogP contribution in [-0.4, -0.2) is 24.7 Å². The predicted molar refractivity (Wildman–Crippen MR) is 63.5 cm³/mol. The maximum atomic E-state index is 10.4. The largest absolute Gasteiger partial charge is 0.495 e. The van der Waals surface area contributed by atoms with Gasteiger partial charge in [-0.1, -0.05) is 11.6 Å². The maximum absolute atomic E-state index is 10.4. The van der Waals surface area contributed by atoms with Gasteiger partial charge in [-0.05, 0) is 24.6 Å². The molecule has 5 heteroatoms. The summed E-state index contributed by atoms with van der Waals surface area (Å²) in [5.41, 5.74) is 1.79. The van der Waals surface area contributed by atoms with Crippen molar-refractivity contribution in [2.75, 3.05) is 19.0 Å². The molecule has 1 rings (SSSR count). The molecule has 0 saturated carbocycles. The highest BCUT2D eigenvalue weighted by Crippen LogP contribution is 2.30. The first-order valence-corrected chi connectivity index (χ1v) is 5.22. The minimum atomic E-state index is -0.829. The molecule has 0 atom stereocenters. The second kappa shape index (κ2) is 5.61. The lowest BCUT2D eigenvalue weighted by atomic mass is 10.2. The van der Waals surface area contributed by atoms with Gasteiger partial charge in [0.15, 0.2) is 0 Å². The van der Waals surface area contributed by atoms with Crippen molar-refractivity contribution in [2.24, 2.45) is 0 Å². The highest BCUT2D eigenvalue weighted by molar-refractivity contribution is 6.32. The number of aryl methyl sites for hydroxylation is 1. The van der Waals surface area contributed by atoms with Crippen LogP contribution in [0.25, 0.3) is 0 Å². The molecule has 0 heterocycles. The number of ether oxygens (including phenoxy) is 1. The number of aliphatic carboxylic acids is 1. The first-order valence-electron chi connectivity index (χ1n) is 4.84. The molecule has 0 aromatic heterocycles. The van der Waals surface area contributed by atoms with Gasteiger partial charge in [-0.15, -0.1) is 0 Å². The zero-order valence-corrected chi connectivity index (χ0v) is 9.97. The van der Waals surface area contributed by atoms with Crippen molar-refractivity contribution >= 4 is 23.3 Å². The molecular weight excluding hydrogens is 230 g/mol. The average Bonchev–Trinajstić information content (AvgIpc) is 2.22. The van der Waals surface area contributed by atoms with E-state index < -0.39 is 5.97 Å². The summed E-state index contributed by atoms with van der Waals surface area (Å²) in [5.74, 6) is -0.215. The number of nitrogens with one attached hydrogen (secondary N) is 1. The smallest absolute Gasteiger partial charge is 0.305 e. The van der Waals surface area contributed by atoms with Crippen molar-refractivity contribution in [3.8, 4) is 5.75 Å². The van der Waals surface area contributed by atoms with Crippen LogP contribution in [0.15, 0.2) is 12.1 Å². The molecule has 1 aromatic rings. The molecule has 1 aromatic carbocycles. The Kier molecular flexibility index (Phi) is 4.43. The Morgan fingerprint density at radius 1 is 1.56 bits per heavy atom. The molecule has 0 amide bonds. The second-order valence-corrected chi connectivity index (χ2v) is 3.78. The molecule has 0 unspecified atom stereocenters. The van der Waals surface area contributed by atoms with Gasteiger partial charge < -0.3 is 15.2 Å². The molecule has 88 valence electrons. The van der Waals surface area contributed by atoms with E-state index in [0.29, 0.717) is 17.3 Å². The summed E-state index contributed by atoms with van der Waals surface area (Å²) in [6.45, 7) is 2.28. The van der Waals surface area contributed by atoms with Crippen molar-refractivity contribution < 1.29 is 14.6 Å². The van der Waals surface area contributed by atoms with E-state index in [0.717, 1.165) is 11.3 Å². The Morgan fingerprint density at radius 2 is 2.25 bits per heavy atom. The number of carboxylic acids is 1. The van der Waals surface area contributed by atoms with E-state index in [-0.39, 0.29) is 6.42 Å². The summed E-state index contributed by atoms with van der Waals surface area (Å²) in [4.78, 5) is 10.4. The van der Waals surface area contributed by atoms with Crippen LogP contribution in [0.1, 0.15) is 12.0 Å². The molecule has 0 saturated heterocycles. The Balaban J connectivity index is 2.73. The van der Waals surface area contributed by atoms with E-state index in [9.17, 15) is 4.79 Å². The van der Waals surface area contributed by atoms with Gasteiger partial charge in [-0.25, -0.2) is 0 Å². The van der Waals surface area contributed by atoms with Crippen molar-refractivity contribution in [3.63, 3.8) is 0 Å². The zero-order chi connectivity index (χ0) is 12.1. The third kappa shape index (κ3) is 3.31. The normalized spacial score (nSPS) is 9.94. The van der Waals surface area contributed by atoms with Crippen LogP contribution in [0.5, 0.6) is 5.75 Å². The summed E-state index contributed by atoms with van der Waals surface area (Å²) in [7, 11) is 1.55. The summed E-state index contributed by atoms with van der Waals surface area (Å²) in [5, 5.41) is 12.0. The van der Waals surface area contributed by atoms with Crippen molar-refractivity contribution in [3.05, 3.63) is 22.7 Å². The molecule has 2 N–H and O–H groups in total. The number of rotatable bonds is 5. The molecule has 16 heavy (non-hydrogen) atoms. The van der Waals surface area contributed by atoms with E-state index in [2.05, 4.69) is 5.32 Å². The highest BCUT2D eigenvalue weighted by Gasteiger charge is 2.06. The summed E-state index contributed by atoms with van der Waals surface area (Å²) >= 11 is 5.96. The van der Waals surface area contributed by atoms with Crippen LogP contribution in [0, 0.1) is 6.92 Å². The van der Waals surface area contributed by atoms with E-state index in [1.54, 1.807) is 13.2 Å². The van der Waals surface area contributed by atoms with Crippen LogP contribution >= 0.6 is 11.6 Å². The fraction of sp³-hybridized carbons (Fsp3) is 0.364. The van der Waals surface area contributed by atoms with Crippen molar-refractivity contribution in [2.45, 2.75) is 13.3 Å². The Hall–Kier alpha value is -1.42. The predicted octanol–water partition coefficient (Wildman–Crippen LogP) is 2.54. The SMILES string of the molecule is COc1cc(C)c(NCCC(=O)O)cc1Cl.